The monoisotopic (exact) mass is 387 g/mol. The number of carbonyl (C=O) groups excluding carboxylic acids is 1. The second-order valence-corrected chi connectivity index (χ2v) is 7.31. The Morgan fingerprint density at radius 1 is 1.31 bits per heavy atom. The second-order valence-electron chi connectivity index (χ2n) is 6.95. The summed E-state index contributed by atoms with van der Waals surface area (Å²) in [5.41, 5.74) is -0.912. The minimum Gasteiger partial charge on any atom is -0.391 e. The highest BCUT2D eigenvalue weighted by atomic mass is 35.5. The van der Waals surface area contributed by atoms with Gasteiger partial charge in [-0.1, -0.05) is 11.6 Å². The Hall–Kier alpha value is -1.80. The first-order valence-corrected chi connectivity index (χ1v) is 8.89. The zero-order valence-corrected chi connectivity index (χ0v) is 14.5. The summed E-state index contributed by atoms with van der Waals surface area (Å²) in [5.74, 6) is -0.464. The van der Waals surface area contributed by atoms with E-state index < -0.39 is 23.8 Å². The standard InChI is InChI=1S/C17H17ClF3N3O2/c18-14-13(16(26)23-5-1-2-11(25)8-23)22-15-12(17(19,20)21)6-10(7-24(14)15)9-3-4-9/h6-7,9,11,25H,1-5,8H2. The van der Waals surface area contributed by atoms with Crippen molar-refractivity contribution in [2.75, 3.05) is 13.1 Å². The van der Waals surface area contributed by atoms with Crippen molar-refractivity contribution in [1.29, 1.82) is 0 Å². The SMILES string of the molecule is O=C(c1nc2c(C(F)(F)F)cc(C3CC3)cn2c1Cl)N1CCCC(O)C1. The van der Waals surface area contributed by atoms with Gasteiger partial charge in [0.15, 0.2) is 11.3 Å². The maximum Gasteiger partial charge on any atom is 0.419 e. The molecule has 2 fully saturated rings. The van der Waals surface area contributed by atoms with Crippen molar-refractivity contribution >= 4 is 23.2 Å². The molecule has 0 radical (unpaired) electrons. The molecule has 1 N–H and O–H groups in total. The fraction of sp³-hybridized carbons (Fsp3) is 0.529. The van der Waals surface area contributed by atoms with Gasteiger partial charge in [-0.2, -0.15) is 13.2 Å². The summed E-state index contributed by atoms with van der Waals surface area (Å²) in [4.78, 5) is 18.0. The van der Waals surface area contributed by atoms with Crippen LogP contribution in [0.1, 0.15) is 53.2 Å². The number of aliphatic hydroxyl groups excluding tert-OH is 1. The number of nitrogens with zero attached hydrogens (tertiary/aromatic N) is 3. The molecule has 1 atom stereocenters. The van der Waals surface area contributed by atoms with Gasteiger partial charge in [0.2, 0.25) is 0 Å². The number of amides is 1. The van der Waals surface area contributed by atoms with Crippen molar-refractivity contribution in [2.24, 2.45) is 0 Å². The van der Waals surface area contributed by atoms with E-state index in [9.17, 15) is 23.1 Å². The Morgan fingerprint density at radius 3 is 2.65 bits per heavy atom. The highest BCUT2D eigenvalue weighted by molar-refractivity contribution is 6.33. The van der Waals surface area contributed by atoms with Crippen molar-refractivity contribution in [3.8, 4) is 0 Å². The summed E-state index contributed by atoms with van der Waals surface area (Å²) >= 11 is 6.25. The van der Waals surface area contributed by atoms with Crippen LogP contribution in [0.15, 0.2) is 12.3 Å². The molecule has 0 bridgehead atoms. The van der Waals surface area contributed by atoms with Crippen LogP contribution in [0.4, 0.5) is 13.2 Å². The summed E-state index contributed by atoms with van der Waals surface area (Å²) in [7, 11) is 0. The Labute approximate surface area is 152 Å². The Kier molecular flexibility index (Phi) is 4.15. The number of hydrogen-bond donors (Lipinski definition) is 1. The van der Waals surface area contributed by atoms with Gasteiger partial charge in [-0.25, -0.2) is 4.98 Å². The lowest BCUT2D eigenvalue weighted by atomic mass is 10.1. The molecule has 5 nitrogen and oxygen atoms in total. The van der Waals surface area contributed by atoms with Gasteiger partial charge in [0, 0.05) is 19.3 Å². The zero-order chi connectivity index (χ0) is 18.6. The summed E-state index contributed by atoms with van der Waals surface area (Å²) in [6, 6.07) is 1.11. The molecule has 1 saturated heterocycles. The summed E-state index contributed by atoms with van der Waals surface area (Å²) in [6.07, 6.45) is -0.805. The van der Waals surface area contributed by atoms with Gasteiger partial charge in [0.25, 0.3) is 5.91 Å². The Bertz CT molecular complexity index is 876. The van der Waals surface area contributed by atoms with E-state index in [1.807, 2.05) is 0 Å². The first-order chi connectivity index (χ1) is 12.3. The number of aromatic nitrogens is 2. The van der Waals surface area contributed by atoms with Crippen LogP contribution in [0.25, 0.3) is 5.65 Å². The largest absolute Gasteiger partial charge is 0.419 e. The lowest BCUT2D eigenvalue weighted by molar-refractivity contribution is -0.136. The lowest BCUT2D eigenvalue weighted by Crippen LogP contribution is -2.42. The molecule has 1 saturated carbocycles. The van der Waals surface area contributed by atoms with Gasteiger partial charge in [0.05, 0.1) is 11.7 Å². The first-order valence-electron chi connectivity index (χ1n) is 8.51. The number of fused-ring (bicyclic) bond motifs is 1. The van der Waals surface area contributed by atoms with E-state index in [1.54, 1.807) is 6.20 Å². The van der Waals surface area contributed by atoms with E-state index in [0.717, 1.165) is 23.3 Å². The highest BCUT2D eigenvalue weighted by Crippen LogP contribution is 2.43. The number of halogens is 4. The van der Waals surface area contributed by atoms with Gasteiger partial charge >= 0.3 is 6.18 Å². The van der Waals surface area contributed by atoms with Crippen LogP contribution in [0, 0.1) is 0 Å². The molecule has 1 unspecified atom stereocenters. The minimum absolute atomic E-state index is 0.0929. The minimum atomic E-state index is -4.59. The molecule has 140 valence electrons. The third-order valence-corrected chi connectivity index (χ3v) is 5.28. The molecule has 26 heavy (non-hydrogen) atoms. The van der Waals surface area contributed by atoms with E-state index >= 15 is 0 Å². The average Bonchev–Trinajstić information content (AvgIpc) is 3.37. The van der Waals surface area contributed by atoms with E-state index in [1.165, 1.54) is 4.90 Å². The number of rotatable bonds is 2. The van der Waals surface area contributed by atoms with Gasteiger partial charge in [0.1, 0.15) is 5.15 Å². The smallest absolute Gasteiger partial charge is 0.391 e. The van der Waals surface area contributed by atoms with Crippen molar-refractivity contribution in [3.05, 3.63) is 34.2 Å². The van der Waals surface area contributed by atoms with Crippen molar-refractivity contribution in [2.45, 2.75) is 43.9 Å². The van der Waals surface area contributed by atoms with Gasteiger partial charge in [-0.05, 0) is 43.2 Å². The fourth-order valence-corrected chi connectivity index (χ4v) is 3.66. The number of alkyl halides is 3. The topological polar surface area (TPSA) is 57.8 Å². The number of pyridine rings is 1. The molecule has 1 aliphatic carbocycles. The van der Waals surface area contributed by atoms with Gasteiger partial charge < -0.3 is 10.0 Å². The molecule has 0 aromatic carbocycles. The molecule has 9 heteroatoms. The van der Waals surface area contributed by atoms with Crippen molar-refractivity contribution in [3.63, 3.8) is 0 Å². The van der Waals surface area contributed by atoms with Gasteiger partial charge in [-0.3, -0.25) is 9.20 Å². The number of carbonyl (C=O) groups is 1. The van der Waals surface area contributed by atoms with E-state index in [-0.39, 0.29) is 29.0 Å². The van der Waals surface area contributed by atoms with E-state index in [0.29, 0.717) is 24.9 Å². The highest BCUT2D eigenvalue weighted by Gasteiger charge is 2.38. The van der Waals surface area contributed by atoms with Crippen molar-refractivity contribution < 1.29 is 23.1 Å². The second kappa shape index (κ2) is 6.13. The number of piperidine rings is 1. The molecule has 2 aromatic heterocycles. The summed E-state index contributed by atoms with van der Waals surface area (Å²) < 4.78 is 41.7. The van der Waals surface area contributed by atoms with Crippen LogP contribution in [-0.4, -0.2) is 44.5 Å². The lowest BCUT2D eigenvalue weighted by Gasteiger charge is -2.29. The molecule has 2 aromatic rings. The molecule has 0 spiro atoms. The number of hydrogen-bond acceptors (Lipinski definition) is 3. The number of β-amino-alcohol motifs (C(OH)–C–C–N with tert-alkyl or cyclic N) is 1. The summed E-state index contributed by atoms with van der Waals surface area (Å²) in [6.45, 7) is 0.544. The first kappa shape index (κ1) is 17.6. The van der Waals surface area contributed by atoms with E-state index in [2.05, 4.69) is 4.98 Å². The van der Waals surface area contributed by atoms with Crippen LogP contribution in [0.3, 0.4) is 0 Å². The molecular weight excluding hydrogens is 371 g/mol. The molecule has 1 aliphatic heterocycles. The Morgan fingerprint density at radius 2 is 2.04 bits per heavy atom. The predicted molar refractivity (Wildman–Crippen MR) is 88.3 cm³/mol. The zero-order valence-electron chi connectivity index (χ0n) is 13.8. The molecule has 3 heterocycles. The Balaban J connectivity index is 1.81. The number of aliphatic hydroxyl groups is 1. The third kappa shape index (κ3) is 3.05. The summed E-state index contributed by atoms with van der Waals surface area (Å²) in [5, 5.41) is 9.61. The molecule has 2 aliphatic rings. The van der Waals surface area contributed by atoms with Crippen LogP contribution in [0.2, 0.25) is 5.15 Å². The molecule has 1 amide bonds. The van der Waals surface area contributed by atoms with Crippen LogP contribution in [-0.2, 0) is 6.18 Å². The normalized spacial score (nSPS) is 21.4. The average molecular weight is 388 g/mol. The maximum absolute atomic E-state index is 13.5. The van der Waals surface area contributed by atoms with Crippen molar-refractivity contribution in [1.82, 2.24) is 14.3 Å². The molecular formula is C17H17ClF3N3O2. The third-order valence-electron chi connectivity index (χ3n) is 4.92. The molecule has 4 rings (SSSR count). The van der Waals surface area contributed by atoms with Crippen LogP contribution < -0.4 is 0 Å². The van der Waals surface area contributed by atoms with Crippen LogP contribution in [0.5, 0.6) is 0 Å². The quantitative estimate of drug-likeness (QED) is 0.858. The van der Waals surface area contributed by atoms with E-state index in [4.69, 9.17) is 11.6 Å². The fourth-order valence-electron chi connectivity index (χ4n) is 3.41. The maximum atomic E-state index is 13.5. The number of likely N-dealkylation sites (tertiary alicyclic amines) is 1. The predicted octanol–water partition coefficient (Wildman–Crippen LogP) is 3.48. The van der Waals surface area contributed by atoms with Gasteiger partial charge in [-0.15, -0.1) is 0 Å². The van der Waals surface area contributed by atoms with Crippen LogP contribution >= 0.6 is 11.6 Å². The number of imidazole rings is 1.